The van der Waals surface area contributed by atoms with E-state index >= 15 is 19.2 Å². The maximum Gasteiger partial charge on any atom is 0.243 e. The van der Waals surface area contributed by atoms with Gasteiger partial charge in [0.25, 0.3) is 0 Å². The maximum absolute atomic E-state index is 15.8. The Labute approximate surface area is 656 Å². The molecule has 14 aromatic rings. The molecule has 8 amide bonds. The minimum atomic E-state index is -1.58. The average molecular weight is 1520 g/mol. The van der Waals surface area contributed by atoms with Crippen LogP contribution in [0.3, 0.4) is 0 Å². The van der Waals surface area contributed by atoms with Gasteiger partial charge in [-0.1, -0.05) is 171 Å². The first kappa shape index (κ1) is 75.3. The largest absolute Gasteiger partial charge is 0.382 e. The molecule has 0 bridgehead atoms. The predicted molar refractivity (Wildman–Crippen MR) is 441 cm³/mol. The van der Waals surface area contributed by atoms with Crippen molar-refractivity contribution < 1.29 is 38.4 Å². The van der Waals surface area contributed by atoms with Gasteiger partial charge in [-0.25, -0.2) is 9.97 Å². The maximum atomic E-state index is 15.8. The molecule has 0 saturated heterocycles. The fourth-order valence-corrected chi connectivity index (χ4v) is 15.2. The third-order valence-electron chi connectivity index (χ3n) is 21.3. The SMILES string of the molecule is CCCCc1nc2c(N)nc3ccccc3c2n1Cc1ccc(CNC(=O)CC[C@H](NC(=O)[C@H](Cc2c[nH]c3ccccc23)NC(=O)[C@H](Cc2c[nH]c3ccccc23)NC(=O)CCC(=O)N2Cc3ccccc3C#Cc3ccccc32)C(=O)N[C@@H](Cc2c[nH]c3ccccc23)C(=O)N[C@@H](Cc2c[nH]c3ccccc23)C(N)=O)cc1. The molecule has 0 aliphatic carbocycles. The molecular formula is C90H86N16O8. The summed E-state index contributed by atoms with van der Waals surface area (Å²) >= 11 is 0. The molecule has 1 aliphatic rings. The van der Waals surface area contributed by atoms with E-state index in [4.69, 9.17) is 16.5 Å². The van der Waals surface area contributed by atoms with Gasteiger partial charge in [-0.3, -0.25) is 38.4 Å². The van der Waals surface area contributed by atoms with E-state index in [1.807, 2.05) is 194 Å². The van der Waals surface area contributed by atoms with Crippen molar-refractivity contribution in [3.05, 3.63) is 275 Å². The zero-order valence-electron chi connectivity index (χ0n) is 62.8. The van der Waals surface area contributed by atoms with Crippen LogP contribution >= 0.6 is 0 Å². The number of nitrogens with two attached hydrogens (primary N) is 2. The Kier molecular flexibility index (Phi) is 22.5. The number of benzene rings is 8. The number of carbonyl (C=O) groups is 8. The highest BCUT2D eigenvalue weighted by Gasteiger charge is 2.35. The summed E-state index contributed by atoms with van der Waals surface area (Å²) in [5.74, 6) is 2.18. The number of aromatic amines is 4. The lowest BCUT2D eigenvalue weighted by Crippen LogP contribution is -2.60. The van der Waals surface area contributed by atoms with Crippen LogP contribution < -0.4 is 48.3 Å². The average Bonchev–Trinajstić information content (AvgIpc) is 1.58. The normalized spacial score (nSPS) is 13.2. The number of fused-ring (bicyclic) bond motifs is 9. The van der Waals surface area contributed by atoms with Gasteiger partial charge in [-0.2, -0.15) is 0 Å². The third kappa shape index (κ3) is 17.0. The number of primary amides is 1. The molecule has 8 aromatic carbocycles. The van der Waals surface area contributed by atoms with E-state index in [0.29, 0.717) is 51.4 Å². The molecule has 0 unspecified atom stereocenters. The molecule has 574 valence electrons. The molecule has 24 nitrogen and oxygen atoms in total. The number of rotatable bonds is 31. The summed E-state index contributed by atoms with van der Waals surface area (Å²) in [6.07, 6.45) is 8.07. The molecule has 0 spiro atoms. The molecule has 7 heterocycles. The highest BCUT2D eigenvalue weighted by Crippen LogP contribution is 2.32. The minimum absolute atomic E-state index is 0.00122. The standard InChI is InChI=1S/C90H86N16O8/c1-2-3-32-79-104-83-84(67-25-11-16-30-72(67)99-85(83)91)106(79)52-55-35-33-54(34-36-55)47-97-80(107)40-39-73(87(111)102-77(46-62-51-96-71-29-15-10-24-66(62)71)90(114)101-74(86(92)110)43-59-48-93-68-26-12-7-21-63(59)68)100-89(113)76(45-61-50-95-70-28-14-9-23-65(61)70)103-88(112)75(44-60-49-94-69-27-13-8-22-64(60)69)98-81(108)41-42-82(109)105-53-58-20-5-4-18-56(58)37-38-57-19-6-17-31-78(57)105/h4-31,33-36,48-51,73-77,93-96H,2-3,32,39-47,52-53H2,1H3,(H2,91,99)(H2,92,110)(H,97,107)(H,98,108)(H,100,113)(H,101,114)(H,102,111)(H,103,112)/t73-,74-,75-,76-,77-/m0/s1. The van der Waals surface area contributed by atoms with Gasteiger partial charge in [0.1, 0.15) is 41.6 Å². The van der Waals surface area contributed by atoms with E-state index in [0.717, 1.165) is 107 Å². The first-order valence-corrected chi connectivity index (χ1v) is 38.4. The van der Waals surface area contributed by atoms with Crippen molar-refractivity contribution >= 4 is 124 Å². The summed E-state index contributed by atoms with van der Waals surface area (Å²) in [5, 5.41) is 21.6. The second kappa shape index (κ2) is 34.0. The molecule has 0 saturated carbocycles. The Bertz CT molecular complexity index is 6060. The molecule has 0 radical (unpaired) electrons. The van der Waals surface area contributed by atoms with Crippen LogP contribution in [0.2, 0.25) is 0 Å². The van der Waals surface area contributed by atoms with Crippen LogP contribution in [-0.4, -0.2) is 112 Å². The Morgan fingerprint density at radius 3 is 1.49 bits per heavy atom. The molecule has 0 fully saturated rings. The number of aromatic nitrogens is 7. The van der Waals surface area contributed by atoms with Crippen molar-refractivity contribution in [2.45, 2.75) is 127 Å². The lowest BCUT2D eigenvalue weighted by molar-refractivity contribution is -0.135. The number of nitrogens with zero attached hydrogens (tertiary/aromatic N) is 4. The molecule has 114 heavy (non-hydrogen) atoms. The van der Waals surface area contributed by atoms with Crippen molar-refractivity contribution in [1.29, 1.82) is 0 Å². The number of hydrogen-bond donors (Lipinski definition) is 12. The number of nitrogens with one attached hydrogen (secondary N) is 10. The molecule has 15 rings (SSSR count). The van der Waals surface area contributed by atoms with E-state index < -0.39 is 71.6 Å². The summed E-state index contributed by atoms with van der Waals surface area (Å²) in [4.78, 5) is 143. The van der Waals surface area contributed by atoms with Crippen molar-refractivity contribution in [2.75, 3.05) is 10.6 Å². The van der Waals surface area contributed by atoms with Crippen molar-refractivity contribution in [3.8, 4) is 11.8 Å². The number of aryl methyl sites for hydroxylation is 1. The summed E-state index contributed by atoms with van der Waals surface area (Å²) in [7, 11) is 0. The van der Waals surface area contributed by atoms with Crippen LogP contribution in [0, 0.1) is 11.8 Å². The van der Waals surface area contributed by atoms with E-state index in [1.165, 1.54) is 0 Å². The lowest BCUT2D eigenvalue weighted by atomic mass is 10.00. The Morgan fingerprint density at radius 1 is 0.474 bits per heavy atom. The van der Waals surface area contributed by atoms with Crippen LogP contribution in [0.4, 0.5) is 11.5 Å². The molecular weight excluding hydrogens is 1430 g/mol. The van der Waals surface area contributed by atoms with Crippen molar-refractivity contribution in [2.24, 2.45) is 5.73 Å². The topological polar surface area (TPSA) is 358 Å². The zero-order chi connectivity index (χ0) is 78.8. The van der Waals surface area contributed by atoms with Crippen LogP contribution in [-0.2, 0) is 90.1 Å². The summed E-state index contributed by atoms with van der Waals surface area (Å²) in [6, 6.07) is 53.4. The Hall–Kier alpha value is -14.1. The zero-order valence-corrected chi connectivity index (χ0v) is 62.8. The van der Waals surface area contributed by atoms with Crippen LogP contribution in [0.25, 0.3) is 65.5 Å². The Morgan fingerprint density at radius 2 is 0.930 bits per heavy atom. The number of H-pyrrole nitrogens is 4. The second-order valence-corrected chi connectivity index (χ2v) is 29.0. The smallest absolute Gasteiger partial charge is 0.243 e. The number of para-hydroxylation sites is 6. The van der Waals surface area contributed by atoms with Gasteiger partial charge in [0.05, 0.1) is 23.3 Å². The number of pyridine rings is 1. The number of amides is 8. The number of unbranched alkanes of at least 4 members (excludes halogenated alkanes) is 1. The summed E-state index contributed by atoms with van der Waals surface area (Å²) < 4.78 is 2.21. The lowest BCUT2D eigenvalue weighted by Gasteiger charge is -2.27. The minimum Gasteiger partial charge on any atom is -0.382 e. The van der Waals surface area contributed by atoms with Crippen LogP contribution in [0.5, 0.6) is 0 Å². The first-order valence-electron chi connectivity index (χ1n) is 38.4. The molecule has 14 N–H and O–H groups in total. The summed E-state index contributed by atoms with van der Waals surface area (Å²) in [5.41, 5.74) is 25.3. The van der Waals surface area contributed by atoms with Gasteiger partial charge in [-0.15, -0.1) is 0 Å². The van der Waals surface area contributed by atoms with Gasteiger partial charge >= 0.3 is 0 Å². The number of nitrogen functional groups attached to an aromatic ring is 1. The van der Waals surface area contributed by atoms with E-state index in [2.05, 4.69) is 80.2 Å². The molecule has 6 aromatic heterocycles. The van der Waals surface area contributed by atoms with Crippen molar-refractivity contribution in [3.63, 3.8) is 0 Å². The number of carbonyl (C=O) groups excluding carboxylic acids is 8. The number of hydrogen-bond acceptors (Lipinski definition) is 11. The highest BCUT2D eigenvalue weighted by molar-refractivity contribution is 6.07. The van der Waals surface area contributed by atoms with Gasteiger partial charge in [0, 0.05) is 149 Å². The predicted octanol–water partition coefficient (Wildman–Crippen LogP) is 10.5. The van der Waals surface area contributed by atoms with Crippen LogP contribution in [0.15, 0.2) is 219 Å². The highest BCUT2D eigenvalue weighted by atomic mass is 16.2. The fourth-order valence-electron chi connectivity index (χ4n) is 15.2. The van der Waals surface area contributed by atoms with Gasteiger partial charge < -0.3 is 72.8 Å². The van der Waals surface area contributed by atoms with E-state index in [1.54, 1.807) is 29.7 Å². The Balaban J connectivity index is 0.714. The quantitative estimate of drug-likeness (QED) is 0.0181. The first-order chi connectivity index (χ1) is 55.6. The van der Waals surface area contributed by atoms with E-state index in [-0.39, 0.29) is 70.4 Å². The van der Waals surface area contributed by atoms with E-state index in [9.17, 15) is 19.2 Å². The third-order valence-corrected chi connectivity index (χ3v) is 21.3. The number of imidazole rings is 1. The van der Waals surface area contributed by atoms with Crippen molar-refractivity contribution in [1.82, 2.24) is 66.4 Å². The molecule has 5 atom stereocenters. The van der Waals surface area contributed by atoms with Crippen LogP contribution in [0.1, 0.15) is 101 Å². The molecule has 1 aliphatic heterocycles. The monoisotopic (exact) mass is 1520 g/mol. The van der Waals surface area contributed by atoms with Gasteiger partial charge in [0.15, 0.2) is 5.82 Å². The second-order valence-electron chi connectivity index (χ2n) is 29.0. The van der Waals surface area contributed by atoms with Gasteiger partial charge in [0.2, 0.25) is 47.3 Å². The van der Waals surface area contributed by atoms with Gasteiger partial charge in [-0.05, 0) is 100 Å². The summed E-state index contributed by atoms with van der Waals surface area (Å²) in [6.45, 7) is 2.93. The molecule has 24 heteroatoms. The fraction of sp³-hybridized carbons (Fsp3) is 0.222. The number of anilines is 2.